The maximum Gasteiger partial charge on any atom is 0.252 e. The minimum Gasteiger partial charge on any atom is -0.369 e. The van der Waals surface area contributed by atoms with Gasteiger partial charge in [-0.2, -0.15) is 11.8 Å². The van der Waals surface area contributed by atoms with Gasteiger partial charge in [0.05, 0.1) is 10.6 Å². The summed E-state index contributed by atoms with van der Waals surface area (Å²) >= 11 is 7.89. The average molecular weight is 300 g/mol. The van der Waals surface area contributed by atoms with Crippen molar-refractivity contribution in [1.29, 1.82) is 0 Å². The van der Waals surface area contributed by atoms with Gasteiger partial charge in [0.1, 0.15) is 5.82 Å². The fraction of sp³-hybridized carbons (Fsp3) is 0.538. The molecule has 1 fully saturated rings. The van der Waals surface area contributed by atoms with Crippen molar-refractivity contribution < 1.29 is 4.79 Å². The third kappa shape index (κ3) is 3.54. The predicted molar refractivity (Wildman–Crippen MR) is 81.2 cm³/mol. The van der Waals surface area contributed by atoms with E-state index in [-0.39, 0.29) is 10.7 Å². The van der Waals surface area contributed by atoms with Gasteiger partial charge in [-0.15, -0.1) is 0 Å². The minimum absolute atomic E-state index is 0.113. The van der Waals surface area contributed by atoms with Crippen molar-refractivity contribution in [3.05, 3.63) is 22.8 Å². The maximum atomic E-state index is 12.0. The Bertz CT molecular complexity index is 477. The minimum atomic E-state index is -0.113. The zero-order chi connectivity index (χ0) is 13.9. The number of anilines is 1. The standard InChI is InChI=1S/C13H18ClN3OS/c1-3-15-11-10(14)6-9(7-16-11)12(18)17-8-13(19-2)4-5-13/h6-7H,3-5,8H2,1-2H3,(H,15,16)(H,17,18). The van der Waals surface area contributed by atoms with Crippen LogP contribution >= 0.6 is 23.4 Å². The van der Waals surface area contributed by atoms with Crippen molar-refractivity contribution in [2.75, 3.05) is 24.7 Å². The summed E-state index contributed by atoms with van der Waals surface area (Å²) in [6, 6.07) is 1.65. The summed E-state index contributed by atoms with van der Waals surface area (Å²) in [5.41, 5.74) is 0.503. The number of carbonyl (C=O) groups excluding carboxylic acids is 1. The van der Waals surface area contributed by atoms with Crippen LogP contribution in [0.15, 0.2) is 12.3 Å². The number of amides is 1. The summed E-state index contributed by atoms with van der Waals surface area (Å²) in [6.45, 7) is 3.42. The molecule has 1 aliphatic rings. The van der Waals surface area contributed by atoms with Crippen molar-refractivity contribution in [3.8, 4) is 0 Å². The quantitative estimate of drug-likeness (QED) is 0.848. The molecule has 0 spiro atoms. The highest BCUT2D eigenvalue weighted by atomic mass is 35.5. The largest absolute Gasteiger partial charge is 0.369 e. The molecule has 0 unspecified atom stereocenters. The van der Waals surface area contributed by atoms with Crippen molar-refractivity contribution in [3.63, 3.8) is 0 Å². The maximum absolute atomic E-state index is 12.0. The molecule has 0 aromatic carbocycles. The SMILES string of the molecule is CCNc1ncc(C(=O)NCC2(SC)CC2)cc1Cl. The van der Waals surface area contributed by atoms with Crippen LogP contribution in [0.4, 0.5) is 5.82 Å². The van der Waals surface area contributed by atoms with Crippen LogP contribution in [0, 0.1) is 0 Å². The van der Waals surface area contributed by atoms with Crippen LogP contribution < -0.4 is 10.6 Å². The van der Waals surface area contributed by atoms with Gasteiger partial charge < -0.3 is 10.6 Å². The number of nitrogens with zero attached hydrogens (tertiary/aromatic N) is 1. The monoisotopic (exact) mass is 299 g/mol. The second kappa shape index (κ2) is 6.01. The van der Waals surface area contributed by atoms with E-state index in [0.717, 1.165) is 6.54 Å². The molecule has 1 aliphatic carbocycles. The second-order valence-electron chi connectivity index (χ2n) is 4.65. The van der Waals surface area contributed by atoms with Crippen LogP contribution in [-0.2, 0) is 0 Å². The van der Waals surface area contributed by atoms with E-state index in [4.69, 9.17) is 11.6 Å². The molecule has 4 nitrogen and oxygen atoms in total. The molecule has 0 radical (unpaired) electrons. The fourth-order valence-electron chi connectivity index (χ4n) is 1.80. The van der Waals surface area contributed by atoms with Crippen LogP contribution in [0.5, 0.6) is 0 Å². The Labute approximate surface area is 122 Å². The Hall–Kier alpha value is -0.940. The molecule has 1 amide bonds. The molecule has 0 saturated heterocycles. The first-order chi connectivity index (χ1) is 9.10. The first kappa shape index (κ1) is 14.5. The van der Waals surface area contributed by atoms with E-state index in [9.17, 15) is 4.79 Å². The molecule has 1 heterocycles. The van der Waals surface area contributed by atoms with E-state index >= 15 is 0 Å². The number of hydrogen-bond donors (Lipinski definition) is 2. The van der Waals surface area contributed by atoms with E-state index in [1.807, 2.05) is 18.7 Å². The molecular formula is C13H18ClN3OS. The molecular weight excluding hydrogens is 282 g/mol. The highest BCUT2D eigenvalue weighted by molar-refractivity contribution is 8.00. The Morgan fingerprint density at radius 1 is 1.58 bits per heavy atom. The number of rotatable bonds is 6. The summed E-state index contributed by atoms with van der Waals surface area (Å²) in [7, 11) is 0. The summed E-state index contributed by atoms with van der Waals surface area (Å²) in [5, 5.41) is 6.46. The number of nitrogens with one attached hydrogen (secondary N) is 2. The Morgan fingerprint density at radius 3 is 2.84 bits per heavy atom. The van der Waals surface area contributed by atoms with Gasteiger partial charge in [0.2, 0.25) is 0 Å². The number of pyridine rings is 1. The molecule has 104 valence electrons. The Balaban J connectivity index is 1.97. The lowest BCUT2D eigenvalue weighted by Crippen LogP contribution is -2.31. The van der Waals surface area contributed by atoms with E-state index in [1.54, 1.807) is 12.3 Å². The molecule has 0 aliphatic heterocycles. The second-order valence-corrected chi connectivity index (χ2v) is 6.34. The van der Waals surface area contributed by atoms with E-state index in [2.05, 4.69) is 21.9 Å². The normalized spacial score (nSPS) is 15.9. The van der Waals surface area contributed by atoms with Crippen molar-refractivity contribution in [1.82, 2.24) is 10.3 Å². The van der Waals surface area contributed by atoms with Crippen molar-refractivity contribution in [2.45, 2.75) is 24.5 Å². The third-order valence-corrected chi connectivity index (χ3v) is 4.97. The van der Waals surface area contributed by atoms with Crippen LogP contribution in [0.2, 0.25) is 5.02 Å². The zero-order valence-corrected chi connectivity index (χ0v) is 12.7. The Morgan fingerprint density at radius 2 is 2.32 bits per heavy atom. The first-order valence-electron chi connectivity index (χ1n) is 6.33. The fourth-order valence-corrected chi connectivity index (χ4v) is 2.76. The van der Waals surface area contributed by atoms with Gasteiger partial charge in [-0.05, 0) is 32.1 Å². The lowest BCUT2D eigenvalue weighted by Gasteiger charge is -2.13. The van der Waals surface area contributed by atoms with Gasteiger partial charge in [0, 0.05) is 24.0 Å². The smallest absolute Gasteiger partial charge is 0.252 e. The van der Waals surface area contributed by atoms with Crippen LogP contribution in [0.1, 0.15) is 30.1 Å². The van der Waals surface area contributed by atoms with Gasteiger partial charge in [-0.25, -0.2) is 4.98 Å². The number of hydrogen-bond acceptors (Lipinski definition) is 4. The van der Waals surface area contributed by atoms with Gasteiger partial charge in [0.25, 0.3) is 5.91 Å². The van der Waals surface area contributed by atoms with E-state index in [1.165, 1.54) is 12.8 Å². The molecule has 19 heavy (non-hydrogen) atoms. The Kier molecular flexibility index (Phi) is 4.58. The lowest BCUT2D eigenvalue weighted by molar-refractivity contribution is 0.0952. The number of carbonyl (C=O) groups is 1. The predicted octanol–water partition coefficient (Wildman–Crippen LogP) is 2.79. The number of thioether (sulfide) groups is 1. The molecule has 1 aromatic heterocycles. The molecule has 2 rings (SSSR count). The van der Waals surface area contributed by atoms with Gasteiger partial charge in [-0.3, -0.25) is 4.79 Å². The van der Waals surface area contributed by atoms with Crippen LogP contribution in [0.3, 0.4) is 0 Å². The van der Waals surface area contributed by atoms with E-state index in [0.29, 0.717) is 22.9 Å². The molecule has 1 saturated carbocycles. The number of aromatic nitrogens is 1. The van der Waals surface area contributed by atoms with Crippen LogP contribution in [0.25, 0.3) is 0 Å². The lowest BCUT2D eigenvalue weighted by atomic mass is 10.2. The molecule has 1 aromatic rings. The van der Waals surface area contributed by atoms with Crippen molar-refractivity contribution in [2.24, 2.45) is 0 Å². The van der Waals surface area contributed by atoms with Crippen LogP contribution in [-0.4, -0.2) is 35.0 Å². The topological polar surface area (TPSA) is 54.0 Å². The molecule has 0 atom stereocenters. The van der Waals surface area contributed by atoms with Crippen molar-refractivity contribution >= 4 is 35.1 Å². The van der Waals surface area contributed by atoms with E-state index < -0.39 is 0 Å². The summed E-state index contributed by atoms with van der Waals surface area (Å²) in [6.07, 6.45) is 5.99. The summed E-state index contributed by atoms with van der Waals surface area (Å²) in [5.74, 6) is 0.501. The summed E-state index contributed by atoms with van der Waals surface area (Å²) in [4.78, 5) is 16.2. The highest BCUT2D eigenvalue weighted by Crippen LogP contribution is 2.46. The zero-order valence-electron chi connectivity index (χ0n) is 11.1. The average Bonchev–Trinajstić information content (AvgIpc) is 3.19. The molecule has 6 heteroatoms. The molecule has 0 bridgehead atoms. The van der Waals surface area contributed by atoms with Gasteiger partial charge >= 0.3 is 0 Å². The first-order valence-corrected chi connectivity index (χ1v) is 7.93. The highest BCUT2D eigenvalue weighted by Gasteiger charge is 2.41. The molecule has 2 N–H and O–H groups in total. The summed E-state index contributed by atoms with van der Waals surface area (Å²) < 4.78 is 0.261. The van der Waals surface area contributed by atoms with Gasteiger partial charge in [0.15, 0.2) is 0 Å². The third-order valence-electron chi connectivity index (χ3n) is 3.26. The number of halogens is 1. The van der Waals surface area contributed by atoms with Gasteiger partial charge in [-0.1, -0.05) is 11.6 Å².